The Bertz CT molecular complexity index is 1930. The smallest absolute Gasteiger partial charge is 0.253 e. The maximum absolute atomic E-state index is 13.7. The Morgan fingerprint density at radius 2 is 1.67 bits per heavy atom. The molecular weight excluding hydrogens is 649 g/mol. The van der Waals surface area contributed by atoms with Crippen LogP contribution in [0.15, 0.2) is 47.5 Å². The third-order valence-corrected chi connectivity index (χ3v) is 12.7. The lowest BCUT2D eigenvalue weighted by Crippen LogP contribution is -2.49. The molecule has 52 heavy (non-hydrogen) atoms. The number of fused-ring (bicyclic) bond motifs is 1. The molecule has 10 heteroatoms. The molecule has 1 aromatic carbocycles. The summed E-state index contributed by atoms with van der Waals surface area (Å²) in [5.74, 6) is 3.87. The number of carbonyl (C=O) groups excluding carboxylic acids is 1. The van der Waals surface area contributed by atoms with Gasteiger partial charge in [0.05, 0.1) is 17.3 Å². The molecule has 4 bridgehead atoms. The fourth-order valence-electron chi connectivity index (χ4n) is 10.5. The van der Waals surface area contributed by atoms with Crippen molar-refractivity contribution in [3.63, 3.8) is 0 Å². The molecule has 0 unspecified atom stereocenters. The molecule has 1 aliphatic heterocycles. The maximum atomic E-state index is 13.7. The van der Waals surface area contributed by atoms with E-state index in [4.69, 9.17) is 4.98 Å². The number of nitrogens with zero attached hydrogens (tertiary/aromatic N) is 5. The number of aromatic nitrogens is 4. The highest BCUT2D eigenvalue weighted by Crippen LogP contribution is 2.61. The Morgan fingerprint density at radius 3 is 2.33 bits per heavy atom. The Hall–Kier alpha value is -4.02. The predicted octanol–water partition coefficient (Wildman–Crippen LogP) is 6.23. The van der Waals surface area contributed by atoms with Crippen LogP contribution in [0.5, 0.6) is 0 Å². The van der Waals surface area contributed by atoms with Gasteiger partial charge in [-0.15, -0.1) is 0 Å². The summed E-state index contributed by atoms with van der Waals surface area (Å²) >= 11 is 0. The van der Waals surface area contributed by atoms with Crippen LogP contribution in [0.1, 0.15) is 92.0 Å². The SMILES string of the molecule is Cc1cc(C)c(CNC(=O)c2cc(-c3ccc(N4CCN(CCNCCC56CC7CC(CC(C7)C5)C6)CC4)nc3)cc3c2cnn3C(C)C)c(=O)[nH]1. The zero-order valence-corrected chi connectivity index (χ0v) is 31.5. The van der Waals surface area contributed by atoms with E-state index < -0.39 is 0 Å². The number of rotatable bonds is 12. The average molecular weight is 705 g/mol. The van der Waals surface area contributed by atoms with Crippen molar-refractivity contribution in [2.24, 2.45) is 23.2 Å². The van der Waals surface area contributed by atoms with E-state index in [1.807, 2.05) is 36.9 Å². The van der Waals surface area contributed by atoms with Crippen LogP contribution < -0.4 is 21.1 Å². The number of amides is 1. The van der Waals surface area contributed by atoms with Gasteiger partial charge in [0, 0.05) is 80.3 Å². The summed E-state index contributed by atoms with van der Waals surface area (Å²) in [5.41, 5.74) is 5.98. The van der Waals surface area contributed by atoms with Crippen molar-refractivity contribution in [3.8, 4) is 11.1 Å². The number of hydrogen-bond acceptors (Lipinski definition) is 7. The van der Waals surface area contributed by atoms with Crippen LogP contribution in [-0.2, 0) is 6.54 Å². The van der Waals surface area contributed by atoms with Gasteiger partial charge in [-0.2, -0.15) is 5.10 Å². The van der Waals surface area contributed by atoms with Gasteiger partial charge in [0.25, 0.3) is 11.5 Å². The lowest BCUT2D eigenvalue weighted by atomic mass is 9.49. The lowest BCUT2D eigenvalue weighted by Gasteiger charge is -2.57. The van der Waals surface area contributed by atoms with Crippen LogP contribution in [0, 0.1) is 37.0 Å². The van der Waals surface area contributed by atoms with Gasteiger partial charge in [-0.1, -0.05) is 0 Å². The van der Waals surface area contributed by atoms with Gasteiger partial charge in [-0.3, -0.25) is 19.2 Å². The van der Waals surface area contributed by atoms with Gasteiger partial charge in [-0.25, -0.2) is 4.98 Å². The number of anilines is 1. The molecular formula is C42H56N8O2. The van der Waals surface area contributed by atoms with E-state index in [0.29, 0.717) is 16.5 Å². The normalized spacial score (nSPS) is 24.3. The van der Waals surface area contributed by atoms with Crippen molar-refractivity contribution in [2.75, 3.05) is 50.7 Å². The molecule has 4 aromatic rings. The molecule has 1 saturated heterocycles. The van der Waals surface area contributed by atoms with Gasteiger partial charge in [0.15, 0.2) is 0 Å². The molecule has 10 nitrogen and oxygen atoms in total. The fraction of sp³-hybridized carbons (Fsp3) is 0.571. The first-order chi connectivity index (χ1) is 25.1. The molecule has 4 aliphatic carbocycles. The van der Waals surface area contributed by atoms with Crippen LogP contribution in [0.25, 0.3) is 22.0 Å². The molecule has 4 saturated carbocycles. The highest BCUT2D eigenvalue weighted by atomic mass is 16.1. The van der Waals surface area contributed by atoms with Crippen LogP contribution >= 0.6 is 0 Å². The van der Waals surface area contributed by atoms with E-state index in [0.717, 1.165) is 96.1 Å². The highest BCUT2D eigenvalue weighted by molar-refractivity contribution is 6.08. The molecule has 5 aliphatic rings. The van der Waals surface area contributed by atoms with E-state index in [2.05, 4.69) is 62.6 Å². The van der Waals surface area contributed by atoms with E-state index >= 15 is 0 Å². The largest absolute Gasteiger partial charge is 0.354 e. The highest BCUT2D eigenvalue weighted by Gasteiger charge is 2.50. The van der Waals surface area contributed by atoms with E-state index in [1.165, 1.54) is 51.5 Å². The van der Waals surface area contributed by atoms with Crippen LogP contribution in [0.3, 0.4) is 0 Å². The van der Waals surface area contributed by atoms with E-state index in [9.17, 15) is 9.59 Å². The Kier molecular flexibility index (Phi) is 9.72. The van der Waals surface area contributed by atoms with Crippen molar-refractivity contribution in [2.45, 2.75) is 85.2 Å². The van der Waals surface area contributed by atoms with Gasteiger partial charge in [0.2, 0.25) is 0 Å². The number of piperazine rings is 1. The standard InChI is InChI=1S/C42H56N8O2/c1-27(2)50-38-20-34(19-35(37(38)26-46-50)40(51)45-25-36-28(3)15-29(4)47-41(36)52)33-5-6-39(44-24-33)49-13-11-48(12-14-49)10-9-43-8-7-42-21-30-16-31(22-42)18-32(17-30)23-42/h5-6,15,19-20,24,26-27,30-32,43H,7-14,16-18,21-23,25H2,1-4H3,(H,45,51)(H,47,52). The Balaban J connectivity index is 0.874. The second-order valence-electron chi connectivity index (χ2n) is 16.9. The van der Waals surface area contributed by atoms with Crippen molar-refractivity contribution in [3.05, 3.63) is 75.5 Å². The minimum Gasteiger partial charge on any atom is -0.354 e. The van der Waals surface area contributed by atoms with Crippen LogP contribution in [0.4, 0.5) is 5.82 Å². The van der Waals surface area contributed by atoms with Crippen LogP contribution in [0.2, 0.25) is 0 Å². The number of hydrogen-bond donors (Lipinski definition) is 3. The second kappa shape index (κ2) is 14.4. The fourth-order valence-corrected chi connectivity index (χ4v) is 10.5. The second-order valence-corrected chi connectivity index (χ2v) is 16.9. The summed E-state index contributed by atoms with van der Waals surface area (Å²) in [5, 5.41) is 12.2. The molecule has 0 radical (unpaired) electrons. The van der Waals surface area contributed by atoms with Crippen molar-refractivity contribution < 1.29 is 4.79 Å². The molecule has 276 valence electrons. The monoisotopic (exact) mass is 704 g/mol. The number of H-pyrrole nitrogens is 1. The van der Waals surface area contributed by atoms with Crippen molar-refractivity contribution >= 4 is 22.6 Å². The first-order valence-electron chi connectivity index (χ1n) is 19.8. The molecule has 0 spiro atoms. The van der Waals surface area contributed by atoms with Gasteiger partial charge >= 0.3 is 0 Å². The minimum absolute atomic E-state index is 0.124. The number of aromatic amines is 1. The number of aryl methyl sites for hydroxylation is 2. The van der Waals surface area contributed by atoms with E-state index in [-0.39, 0.29) is 24.1 Å². The Morgan fingerprint density at radius 1 is 0.942 bits per heavy atom. The molecule has 9 rings (SSSR count). The number of carbonyl (C=O) groups is 1. The lowest BCUT2D eigenvalue weighted by molar-refractivity contribution is -0.0567. The van der Waals surface area contributed by atoms with Gasteiger partial charge < -0.3 is 20.5 Å². The molecule has 3 aromatic heterocycles. The zero-order chi connectivity index (χ0) is 36.0. The molecule has 0 atom stereocenters. The van der Waals surface area contributed by atoms with Gasteiger partial charge in [-0.05, 0) is 144 Å². The predicted molar refractivity (Wildman–Crippen MR) is 208 cm³/mol. The van der Waals surface area contributed by atoms with Crippen molar-refractivity contribution in [1.82, 2.24) is 35.3 Å². The van der Waals surface area contributed by atoms with Crippen LogP contribution in [-0.4, -0.2) is 76.4 Å². The summed E-state index contributed by atoms with van der Waals surface area (Å²) in [7, 11) is 0. The summed E-state index contributed by atoms with van der Waals surface area (Å²) in [6, 6.07) is 10.3. The molecule has 5 fully saturated rings. The molecule has 4 heterocycles. The number of benzene rings is 1. The first kappa shape index (κ1) is 35.0. The number of nitrogens with one attached hydrogen (secondary N) is 3. The van der Waals surface area contributed by atoms with Gasteiger partial charge in [0.1, 0.15) is 5.82 Å². The molecule has 1 amide bonds. The van der Waals surface area contributed by atoms with Crippen molar-refractivity contribution in [1.29, 1.82) is 0 Å². The first-order valence-corrected chi connectivity index (χ1v) is 19.8. The summed E-state index contributed by atoms with van der Waals surface area (Å²) in [4.78, 5) is 39.0. The third-order valence-electron chi connectivity index (χ3n) is 12.7. The van der Waals surface area contributed by atoms with E-state index in [1.54, 1.807) is 6.20 Å². The topological polar surface area (TPSA) is 111 Å². The maximum Gasteiger partial charge on any atom is 0.253 e. The summed E-state index contributed by atoms with van der Waals surface area (Å²) < 4.78 is 1.95. The quantitative estimate of drug-likeness (QED) is 0.150. The average Bonchev–Trinajstić information content (AvgIpc) is 3.55. The molecule has 3 N–H and O–H groups in total. The Labute approximate surface area is 307 Å². The zero-order valence-electron chi connectivity index (χ0n) is 31.5. The minimum atomic E-state index is -0.241. The summed E-state index contributed by atoms with van der Waals surface area (Å²) in [6.07, 6.45) is 14.2. The summed E-state index contributed by atoms with van der Waals surface area (Å²) in [6.45, 7) is 15.4. The number of pyridine rings is 2. The third kappa shape index (κ3) is 7.16.